The number of carboxylic acids is 1. The Bertz CT molecular complexity index is 1900. The van der Waals surface area contributed by atoms with Crippen LogP contribution in [0.2, 0.25) is 5.02 Å². The number of carbonyl (C=O) groups is 1. The molecule has 1 aliphatic rings. The number of thiophene rings is 1. The second kappa shape index (κ2) is 14.2. The fraction of sp³-hybridized carbons (Fsp3) is 0.290. The molecule has 2 aromatic carbocycles. The fourth-order valence-electron chi connectivity index (χ4n) is 5.11. The highest BCUT2D eigenvalue weighted by Crippen LogP contribution is 2.45. The zero-order chi connectivity index (χ0) is 33.9. The molecule has 3 aromatic heterocycles. The van der Waals surface area contributed by atoms with Crippen LogP contribution in [0.3, 0.4) is 0 Å². The topological polar surface area (TPSA) is 126 Å². The number of alkyl halides is 3. The number of nitrogens with zero attached hydrogens (tertiary/aromatic N) is 5. The monoisotopic (exact) mass is 692 g/mol. The number of rotatable bonds is 9. The van der Waals surface area contributed by atoms with Gasteiger partial charge in [0.25, 0.3) is 0 Å². The van der Waals surface area contributed by atoms with Crippen molar-refractivity contribution in [2.75, 3.05) is 26.0 Å². The largest absolute Gasteiger partial charge is 0.490 e. The Kier molecular flexibility index (Phi) is 10.3. The van der Waals surface area contributed by atoms with E-state index >= 15 is 0 Å². The SMILES string of the molecule is CN(C)C[C@@H](O)Cn1ncc2c1CCc1c-2sc2ncnc(Nc3ccc(OCc4cccc(F)c4)c(Cl)c3)c12.O=C(O)C(F)(F)F. The van der Waals surface area contributed by atoms with Gasteiger partial charge in [-0.05, 0) is 68.4 Å². The molecule has 0 fully saturated rings. The standard InChI is InChI=1S/C29H28ClFN6O2S.C2HF3O2/c1-36(2)13-20(38)14-37-24-8-7-21-26-28(32-16-33-29(26)40-27(21)22(24)12-34-37)35-19-6-9-25(23(30)11-19)39-15-17-4-3-5-18(31)10-17;3-2(4,5)1(6)7/h3-6,9-12,16,20,38H,7-8,13-15H2,1-2H3,(H,32,33,35);(H,6,7)/t20-;/m1./s1. The lowest BCUT2D eigenvalue weighted by Gasteiger charge is -2.19. The van der Waals surface area contributed by atoms with E-state index in [0.29, 0.717) is 29.7 Å². The number of fused-ring (bicyclic) bond motifs is 5. The Labute approximate surface area is 275 Å². The maximum absolute atomic E-state index is 13.5. The fourth-order valence-corrected chi connectivity index (χ4v) is 6.56. The predicted octanol–water partition coefficient (Wildman–Crippen LogP) is 6.32. The van der Waals surface area contributed by atoms with Crippen molar-refractivity contribution < 1.29 is 37.3 Å². The van der Waals surface area contributed by atoms with Crippen LogP contribution < -0.4 is 10.1 Å². The van der Waals surface area contributed by atoms with E-state index in [0.717, 1.165) is 50.4 Å². The highest BCUT2D eigenvalue weighted by Gasteiger charge is 2.38. The van der Waals surface area contributed by atoms with E-state index in [1.807, 2.05) is 35.9 Å². The van der Waals surface area contributed by atoms with E-state index in [1.54, 1.807) is 41.9 Å². The summed E-state index contributed by atoms with van der Waals surface area (Å²) in [7, 11) is 3.90. The smallest absolute Gasteiger partial charge is 0.487 e. The number of aliphatic hydroxyl groups is 1. The van der Waals surface area contributed by atoms with Crippen LogP contribution in [0.15, 0.2) is 55.0 Å². The van der Waals surface area contributed by atoms with Crippen molar-refractivity contribution in [3.63, 3.8) is 0 Å². The lowest BCUT2D eigenvalue weighted by Crippen LogP contribution is -2.30. The van der Waals surface area contributed by atoms with Crippen molar-refractivity contribution in [1.29, 1.82) is 0 Å². The number of carboxylic acid groups (broad SMARTS) is 1. The van der Waals surface area contributed by atoms with Crippen LogP contribution in [0, 0.1) is 5.82 Å². The van der Waals surface area contributed by atoms with E-state index in [4.69, 9.17) is 26.2 Å². The lowest BCUT2D eigenvalue weighted by molar-refractivity contribution is -0.192. The Morgan fingerprint density at radius 1 is 1.19 bits per heavy atom. The zero-order valence-electron chi connectivity index (χ0n) is 25.1. The number of nitrogens with one attached hydrogen (secondary N) is 1. The minimum atomic E-state index is -5.08. The molecule has 248 valence electrons. The Hall–Kier alpha value is -4.31. The van der Waals surface area contributed by atoms with Gasteiger partial charge in [-0.3, -0.25) is 4.68 Å². The summed E-state index contributed by atoms with van der Waals surface area (Å²) < 4.78 is 53.0. The molecular weight excluding hydrogens is 664 g/mol. The van der Waals surface area contributed by atoms with E-state index in [-0.39, 0.29) is 12.4 Å². The van der Waals surface area contributed by atoms with Crippen LogP contribution in [0.1, 0.15) is 16.8 Å². The minimum Gasteiger partial charge on any atom is -0.487 e. The van der Waals surface area contributed by atoms with Gasteiger partial charge >= 0.3 is 12.1 Å². The van der Waals surface area contributed by atoms with Crippen LogP contribution in [-0.4, -0.2) is 73.8 Å². The molecule has 6 rings (SSSR count). The summed E-state index contributed by atoms with van der Waals surface area (Å²) in [4.78, 5) is 22.0. The summed E-state index contributed by atoms with van der Waals surface area (Å²) >= 11 is 8.16. The molecule has 0 spiro atoms. The first-order chi connectivity index (χ1) is 22.3. The Morgan fingerprint density at radius 3 is 2.64 bits per heavy atom. The molecular formula is C31H29ClF4N6O4S. The van der Waals surface area contributed by atoms with Crippen molar-refractivity contribution in [3.8, 4) is 16.2 Å². The third-order valence-electron chi connectivity index (χ3n) is 7.07. The Morgan fingerprint density at radius 2 is 1.96 bits per heavy atom. The highest BCUT2D eigenvalue weighted by molar-refractivity contribution is 7.22. The van der Waals surface area contributed by atoms with Crippen molar-refractivity contribution in [3.05, 3.63) is 82.6 Å². The van der Waals surface area contributed by atoms with E-state index in [1.165, 1.54) is 17.7 Å². The second-order valence-corrected chi connectivity index (χ2v) is 12.3. The molecule has 0 radical (unpaired) electrons. The maximum Gasteiger partial charge on any atom is 0.490 e. The van der Waals surface area contributed by atoms with Gasteiger partial charge in [-0.15, -0.1) is 11.3 Å². The molecule has 5 aromatic rings. The third kappa shape index (κ3) is 8.16. The number of halogens is 5. The van der Waals surface area contributed by atoms with Gasteiger partial charge in [0.15, 0.2) is 0 Å². The second-order valence-electron chi connectivity index (χ2n) is 10.9. The van der Waals surface area contributed by atoms with Gasteiger partial charge in [-0.25, -0.2) is 19.2 Å². The van der Waals surface area contributed by atoms with E-state index in [9.17, 15) is 22.7 Å². The Balaban J connectivity index is 0.000000559. The van der Waals surface area contributed by atoms with Gasteiger partial charge in [0.1, 0.15) is 35.1 Å². The number of likely N-dealkylation sites (N-methyl/N-ethyl adjacent to an activating group) is 1. The molecule has 16 heteroatoms. The number of aliphatic carboxylic acids is 1. The van der Waals surface area contributed by atoms with Crippen molar-refractivity contribution >= 4 is 50.6 Å². The number of hydrogen-bond donors (Lipinski definition) is 3. The first-order valence-corrected chi connectivity index (χ1v) is 15.4. The summed E-state index contributed by atoms with van der Waals surface area (Å²) in [5, 5.41) is 27.0. The van der Waals surface area contributed by atoms with Crippen LogP contribution in [-0.2, 0) is 30.8 Å². The number of aryl methyl sites for hydroxylation is 1. The average Bonchev–Trinajstić information content (AvgIpc) is 3.58. The maximum atomic E-state index is 13.5. The van der Waals surface area contributed by atoms with E-state index in [2.05, 4.69) is 20.4 Å². The number of hydrogen-bond acceptors (Lipinski definition) is 9. The highest BCUT2D eigenvalue weighted by atomic mass is 35.5. The third-order valence-corrected chi connectivity index (χ3v) is 8.54. The molecule has 1 atom stereocenters. The molecule has 0 bridgehead atoms. The minimum absolute atomic E-state index is 0.213. The molecule has 10 nitrogen and oxygen atoms in total. The first kappa shape index (κ1) is 34.0. The zero-order valence-corrected chi connectivity index (χ0v) is 26.6. The number of ether oxygens (including phenoxy) is 1. The number of aliphatic hydroxyl groups excluding tert-OH is 1. The van der Waals surface area contributed by atoms with Crippen LogP contribution in [0.4, 0.5) is 29.1 Å². The quantitative estimate of drug-likeness (QED) is 0.152. The summed E-state index contributed by atoms with van der Waals surface area (Å²) in [5.74, 6) is -1.84. The number of aromatic nitrogens is 4. The first-order valence-electron chi connectivity index (χ1n) is 14.2. The van der Waals surface area contributed by atoms with Crippen LogP contribution >= 0.6 is 22.9 Å². The molecule has 3 heterocycles. The molecule has 1 aliphatic carbocycles. The van der Waals surface area contributed by atoms with Gasteiger partial charge in [-0.1, -0.05) is 23.7 Å². The average molecular weight is 693 g/mol. The molecule has 0 unspecified atom stereocenters. The van der Waals surface area contributed by atoms with Gasteiger partial charge < -0.3 is 25.2 Å². The summed E-state index contributed by atoms with van der Waals surface area (Å²) in [5.41, 5.74) is 4.92. The molecule has 0 aliphatic heterocycles. The van der Waals surface area contributed by atoms with Crippen molar-refractivity contribution in [2.45, 2.75) is 38.3 Å². The van der Waals surface area contributed by atoms with Crippen LogP contribution in [0.5, 0.6) is 5.75 Å². The predicted molar refractivity (Wildman–Crippen MR) is 170 cm³/mol. The molecule has 3 N–H and O–H groups in total. The normalized spacial score (nSPS) is 13.0. The molecule has 0 saturated heterocycles. The van der Waals surface area contributed by atoms with E-state index < -0.39 is 18.2 Å². The molecule has 0 saturated carbocycles. The molecule has 47 heavy (non-hydrogen) atoms. The molecule has 0 amide bonds. The van der Waals surface area contributed by atoms with Gasteiger partial charge in [0.2, 0.25) is 0 Å². The lowest BCUT2D eigenvalue weighted by atomic mass is 9.95. The van der Waals surface area contributed by atoms with Crippen molar-refractivity contribution in [1.82, 2.24) is 24.6 Å². The van der Waals surface area contributed by atoms with Crippen molar-refractivity contribution in [2.24, 2.45) is 0 Å². The summed E-state index contributed by atoms with van der Waals surface area (Å²) in [6.07, 6.45) is -0.469. The summed E-state index contributed by atoms with van der Waals surface area (Å²) in [6, 6.07) is 11.7. The number of benzene rings is 2. The van der Waals surface area contributed by atoms with Crippen LogP contribution in [0.25, 0.3) is 20.7 Å². The van der Waals surface area contributed by atoms with Gasteiger partial charge in [-0.2, -0.15) is 18.3 Å². The number of anilines is 2. The summed E-state index contributed by atoms with van der Waals surface area (Å²) in [6.45, 7) is 1.26. The van der Waals surface area contributed by atoms with Gasteiger partial charge in [0.05, 0.1) is 29.3 Å². The van der Waals surface area contributed by atoms with Gasteiger partial charge in [0, 0.05) is 28.4 Å².